The number of hydrogen-bond acceptors (Lipinski definition) is 3. The van der Waals surface area contributed by atoms with Crippen molar-refractivity contribution in [3.8, 4) is 6.07 Å². The van der Waals surface area contributed by atoms with E-state index in [0.29, 0.717) is 0 Å². The minimum absolute atomic E-state index is 0.267. The van der Waals surface area contributed by atoms with Gasteiger partial charge in [-0.05, 0) is 6.08 Å². The van der Waals surface area contributed by atoms with Crippen LogP contribution in [-0.2, 0) is 0 Å². The molecule has 3 nitrogen and oxygen atoms in total. The summed E-state index contributed by atoms with van der Waals surface area (Å²) in [6.07, 6.45) is 0.271. The first kappa shape index (κ1) is 6.27. The lowest BCUT2D eigenvalue weighted by atomic mass is 10.2. The standard InChI is InChI=1S/C6H7NO2/c7-3-4-1-5(8)2-6(4)9/h1,5-6,8-9H,2H2. The number of hydrogen-bond donors (Lipinski definition) is 2. The molecule has 3 heteroatoms. The smallest absolute Gasteiger partial charge is 0.0972 e. The maximum absolute atomic E-state index is 8.91. The van der Waals surface area contributed by atoms with E-state index in [1.165, 1.54) is 6.08 Å². The Morgan fingerprint density at radius 3 is 2.56 bits per heavy atom. The summed E-state index contributed by atoms with van der Waals surface area (Å²) in [5.74, 6) is 0. The van der Waals surface area contributed by atoms with Crippen molar-refractivity contribution in [1.29, 1.82) is 5.26 Å². The van der Waals surface area contributed by atoms with Gasteiger partial charge in [0.2, 0.25) is 0 Å². The van der Waals surface area contributed by atoms with E-state index in [4.69, 9.17) is 15.5 Å². The zero-order valence-electron chi connectivity index (χ0n) is 4.78. The normalized spacial score (nSPS) is 33.7. The van der Waals surface area contributed by atoms with Crippen LogP contribution in [0.15, 0.2) is 11.6 Å². The van der Waals surface area contributed by atoms with Gasteiger partial charge in [-0.3, -0.25) is 0 Å². The molecule has 0 amide bonds. The SMILES string of the molecule is N#CC1=CC(O)CC1O. The van der Waals surface area contributed by atoms with E-state index in [1.54, 1.807) is 6.07 Å². The average molecular weight is 125 g/mol. The van der Waals surface area contributed by atoms with E-state index >= 15 is 0 Å². The van der Waals surface area contributed by atoms with Crippen molar-refractivity contribution in [3.05, 3.63) is 11.6 Å². The molecule has 0 aromatic heterocycles. The van der Waals surface area contributed by atoms with Gasteiger partial charge in [-0.2, -0.15) is 5.26 Å². The molecule has 9 heavy (non-hydrogen) atoms. The van der Waals surface area contributed by atoms with Crippen molar-refractivity contribution in [2.24, 2.45) is 0 Å². The largest absolute Gasteiger partial charge is 0.389 e. The fraction of sp³-hybridized carbons (Fsp3) is 0.500. The number of rotatable bonds is 0. The van der Waals surface area contributed by atoms with Crippen LogP contribution in [0.2, 0.25) is 0 Å². The molecule has 48 valence electrons. The lowest BCUT2D eigenvalue weighted by molar-refractivity contribution is 0.149. The van der Waals surface area contributed by atoms with E-state index in [0.717, 1.165) is 0 Å². The van der Waals surface area contributed by atoms with Crippen molar-refractivity contribution in [2.45, 2.75) is 18.6 Å². The Hall–Kier alpha value is -0.850. The molecule has 0 aromatic rings. The van der Waals surface area contributed by atoms with Crippen LogP contribution in [0, 0.1) is 11.3 Å². The lowest BCUT2D eigenvalue weighted by Gasteiger charge is -1.98. The van der Waals surface area contributed by atoms with E-state index < -0.39 is 12.2 Å². The molecule has 1 aliphatic carbocycles. The minimum atomic E-state index is -0.745. The minimum Gasteiger partial charge on any atom is -0.389 e. The maximum Gasteiger partial charge on any atom is 0.0972 e. The van der Waals surface area contributed by atoms with Gasteiger partial charge in [0.15, 0.2) is 0 Å². The van der Waals surface area contributed by atoms with Crippen LogP contribution in [0.5, 0.6) is 0 Å². The van der Waals surface area contributed by atoms with Crippen LogP contribution >= 0.6 is 0 Å². The van der Waals surface area contributed by atoms with Crippen LogP contribution in [-0.4, -0.2) is 22.4 Å². The third kappa shape index (κ3) is 1.10. The molecule has 2 atom stereocenters. The van der Waals surface area contributed by atoms with Crippen LogP contribution in [0.3, 0.4) is 0 Å². The fourth-order valence-electron chi connectivity index (χ4n) is 0.854. The van der Waals surface area contributed by atoms with Crippen LogP contribution < -0.4 is 0 Å². The second kappa shape index (κ2) is 2.18. The first-order valence-corrected chi connectivity index (χ1v) is 2.72. The molecule has 0 radical (unpaired) electrons. The predicted octanol–water partition coefficient (Wildman–Crippen LogP) is -0.438. The van der Waals surface area contributed by atoms with E-state index in [9.17, 15) is 0 Å². The van der Waals surface area contributed by atoms with Gasteiger partial charge < -0.3 is 10.2 Å². The quantitative estimate of drug-likeness (QED) is 0.461. The molecule has 0 bridgehead atoms. The van der Waals surface area contributed by atoms with Gasteiger partial charge in [0.05, 0.1) is 23.9 Å². The molecule has 2 N–H and O–H groups in total. The summed E-state index contributed by atoms with van der Waals surface area (Å²) >= 11 is 0. The van der Waals surface area contributed by atoms with Gasteiger partial charge in [0.1, 0.15) is 0 Å². The average Bonchev–Trinajstić information content (AvgIpc) is 2.10. The molecular formula is C6H7NO2. The lowest BCUT2D eigenvalue weighted by Crippen LogP contribution is -2.07. The van der Waals surface area contributed by atoms with Gasteiger partial charge in [0.25, 0.3) is 0 Å². The van der Waals surface area contributed by atoms with Crippen molar-refractivity contribution < 1.29 is 10.2 Å². The van der Waals surface area contributed by atoms with Gasteiger partial charge in [-0.25, -0.2) is 0 Å². The summed E-state index contributed by atoms with van der Waals surface area (Å²) in [6.45, 7) is 0. The molecular weight excluding hydrogens is 118 g/mol. The van der Waals surface area contributed by atoms with Crippen LogP contribution in [0.4, 0.5) is 0 Å². The second-order valence-electron chi connectivity index (χ2n) is 2.05. The zero-order valence-corrected chi connectivity index (χ0v) is 4.78. The topological polar surface area (TPSA) is 64.2 Å². The molecule has 0 aliphatic heterocycles. The molecule has 0 aromatic carbocycles. The second-order valence-corrected chi connectivity index (χ2v) is 2.05. The highest BCUT2D eigenvalue weighted by atomic mass is 16.3. The predicted molar refractivity (Wildman–Crippen MR) is 30.3 cm³/mol. The Kier molecular flexibility index (Phi) is 1.52. The summed E-state index contributed by atoms with van der Waals surface area (Å²) in [7, 11) is 0. The van der Waals surface area contributed by atoms with E-state index in [2.05, 4.69) is 0 Å². The monoisotopic (exact) mass is 125 g/mol. The number of nitrogens with zero attached hydrogens (tertiary/aromatic N) is 1. The fourth-order valence-corrected chi connectivity index (χ4v) is 0.854. The summed E-state index contributed by atoms with van der Waals surface area (Å²) in [5.41, 5.74) is 0.280. The molecule has 0 saturated heterocycles. The molecule has 0 saturated carbocycles. The summed E-state index contributed by atoms with van der Waals surface area (Å²) in [5, 5.41) is 26.0. The number of aliphatic hydroxyl groups excluding tert-OH is 2. The Balaban J connectivity index is 2.72. The Labute approximate surface area is 52.8 Å². The maximum atomic E-state index is 8.91. The van der Waals surface area contributed by atoms with Gasteiger partial charge in [-0.15, -0.1) is 0 Å². The zero-order chi connectivity index (χ0) is 6.85. The van der Waals surface area contributed by atoms with E-state index in [1.807, 2.05) is 0 Å². The Morgan fingerprint density at radius 1 is 1.67 bits per heavy atom. The molecule has 0 spiro atoms. The van der Waals surface area contributed by atoms with Gasteiger partial charge in [-0.1, -0.05) is 0 Å². The van der Waals surface area contributed by atoms with Crippen LogP contribution in [0.25, 0.3) is 0 Å². The van der Waals surface area contributed by atoms with Gasteiger partial charge >= 0.3 is 0 Å². The summed E-state index contributed by atoms with van der Waals surface area (Å²) < 4.78 is 0. The van der Waals surface area contributed by atoms with E-state index in [-0.39, 0.29) is 12.0 Å². The van der Waals surface area contributed by atoms with Gasteiger partial charge in [0, 0.05) is 6.42 Å². The molecule has 1 rings (SSSR count). The number of aliphatic hydroxyl groups is 2. The summed E-state index contributed by atoms with van der Waals surface area (Å²) in [6, 6.07) is 1.80. The molecule has 1 aliphatic rings. The first-order chi connectivity index (χ1) is 4.24. The highest BCUT2D eigenvalue weighted by molar-refractivity contribution is 5.30. The molecule has 0 heterocycles. The molecule has 0 fully saturated rings. The third-order valence-corrected chi connectivity index (χ3v) is 1.32. The highest BCUT2D eigenvalue weighted by Crippen LogP contribution is 2.17. The Morgan fingerprint density at radius 2 is 2.33 bits per heavy atom. The van der Waals surface area contributed by atoms with Crippen molar-refractivity contribution >= 4 is 0 Å². The summed E-state index contributed by atoms with van der Waals surface area (Å²) in [4.78, 5) is 0. The number of nitriles is 1. The molecule has 2 unspecified atom stereocenters. The van der Waals surface area contributed by atoms with Crippen LogP contribution in [0.1, 0.15) is 6.42 Å². The highest BCUT2D eigenvalue weighted by Gasteiger charge is 2.22. The van der Waals surface area contributed by atoms with Crippen molar-refractivity contribution in [2.75, 3.05) is 0 Å². The Bertz CT molecular complexity index is 180. The first-order valence-electron chi connectivity index (χ1n) is 2.72. The van der Waals surface area contributed by atoms with Crippen molar-refractivity contribution in [3.63, 3.8) is 0 Å². The third-order valence-electron chi connectivity index (χ3n) is 1.32. The van der Waals surface area contributed by atoms with Crippen molar-refractivity contribution in [1.82, 2.24) is 0 Å².